The van der Waals surface area contributed by atoms with Crippen LogP contribution in [0, 0.1) is 5.92 Å². The molecule has 0 bridgehead atoms. The molecule has 0 aromatic carbocycles. The Morgan fingerprint density at radius 1 is 1.20 bits per heavy atom. The van der Waals surface area contributed by atoms with Gasteiger partial charge in [-0.25, -0.2) is 15.0 Å². The van der Waals surface area contributed by atoms with Gasteiger partial charge in [-0.1, -0.05) is 6.92 Å². The smallest absolute Gasteiger partial charge is 0.228 e. The van der Waals surface area contributed by atoms with Crippen molar-refractivity contribution in [3.8, 4) is 5.88 Å². The minimum Gasteiger partial charge on any atom is -0.481 e. The van der Waals surface area contributed by atoms with Crippen molar-refractivity contribution >= 4 is 11.8 Å². The Hall–Kier alpha value is -2.44. The molecule has 7 nitrogen and oxygen atoms in total. The number of methoxy groups -OCH3 is 1. The molecular formula is C18H24N6O. The van der Waals surface area contributed by atoms with E-state index in [1.165, 1.54) is 6.42 Å². The van der Waals surface area contributed by atoms with E-state index in [1.807, 2.05) is 0 Å². The van der Waals surface area contributed by atoms with Gasteiger partial charge in [-0.3, -0.25) is 0 Å². The highest BCUT2D eigenvalue weighted by Crippen LogP contribution is 2.35. The van der Waals surface area contributed by atoms with Gasteiger partial charge in [-0.15, -0.1) is 0 Å². The molecule has 0 radical (unpaired) electrons. The summed E-state index contributed by atoms with van der Waals surface area (Å²) in [5.41, 5.74) is 1.09. The fraction of sp³-hybridized carbons (Fsp3) is 0.556. The molecule has 7 heteroatoms. The molecule has 0 aliphatic carbocycles. The number of anilines is 2. The van der Waals surface area contributed by atoms with Crippen LogP contribution in [0.3, 0.4) is 0 Å². The molecule has 2 atom stereocenters. The molecule has 4 heterocycles. The van der Waals surface area contributed by atoms with Crippen molar-refractivity contribution in [2.24, 2.45) is 5.92 Å². The largest absolute Gasteiger partial charge is 0.481 e. The number of fused-ring (bicyclic) bond motifs is 1. The number of rotatable bonds is 4. The van der Waals surface area contributed by atoms with Gasteiger partial charge in [-0.2, -0.15) is 4.98 Å². The molecule has 4 rings (SSSR count). The van der Waals surface area contributed by atoms with E-state index < -0.39 is 0 Å². The zero-order valence-electron chi connectivity index (χ0n) is 14.8. The van der Waals surface area contributed by atoms with Gasteiger partial charge in [0.05, 0.1) is 13.2 Å². The predicted molar refractivity (Wildman–Crippen MR) is 96.1 cm³/mol. The first kappa shape index (κ1) is 16.1. The standard InChI is InChI=1S/C18H24N6O/c1-3-14-10-16(21-12-20-14)24-9-6-13-5-8-23(11-15(13)24)18-19-7-4-17(22-18)25-2/h4,7,10,12-13,15H,3,5-6,8-9,11H2,1-2H3. The summed E-state index contributed by atoms with van der Waals surface area (Å²) in [7, 11) is 1.64. The fourth-order valence-corrected chi connectivity index (χ4v) is 3.94. The zero-order valence-corrected chi connectivity index (χ0v) is 14.8. The van der Waals surface area contributed by atoms with Crippen molar-refractivity contribution in [2.75, 3.05) is 36.5 Å². The van der Waals surface area contributed by atoms with Crippen LogP contribution in [0.1, 0.15) is 25.5 Å². The van der Waals surface area contributed by atoms with Crippen molar-refractivity contribution in [2.45, 2.75) is 32.2 Å². The predicted octanol–water partition coefficient (Wildman–Crippen LogP) is 1.94. The zero-order chi connectivity index (χ0) is 17.2. The normalized spacial score (nSPS) is 22.8. The molecule has 2 fully saturated rings. The summed E-state index contributed by atoms with van der Waals surface area (Å²) in [6, 6.07) is 4.36. The van der Waals surface area contributed by atoms with E-state index in [-0.39, 0.29) is 0 Å². The van der Waals surface area contributed by atoms with Crippen LogP contribution >= 0.6 is 0 Å². The van der Waals surface area contributed by atoms with Crippen molar-refractivity contribution < 1.29 is 4.74 Å². The van der Waals surface area contributed by atoms with E-state index >= 15 is 0 Å². The number of hydrogen-bond donors (Lipinski definition) is 0. The molecular weight excluding hydrogens is 316 g/mol. The molecule has 2 unspecified atom stereocenters. The molecule has 2 aromatic heterocycles. The maximum atomic E-state index is 5.24. The lowest BCUT2D eigenvalue weighted by Crippen LogP contribution is -2.49. The summed E-state index contributed by atoms with van der Waals surface area (Å²) in [5.74, 6) is 3.12. The second-order valence-corrected chi connectivity index (χ2v) is 6.66. The Kier molecular flexibility index (Phi) is 4.38. The molecule has 0 amide bonds. The van der Waals surface area contributed by atoms with Crippen LogP contribution in [-0.2, 0) is 6.42 Å². The van der Waals surface area contributed by atoms with Gasteiger partial charge < -0.3 is 14.5 Å². The highest BCUT2D eigenvalue weighted by molar-refractivity contribution is 5.45. The minimum absolute atomic E-state index is 0.447. The number of nitrogens with zero attached hydrogens (tertiary/aromatic N) is 6. The Balaban J connectivity index is 1.56. The Labute approximate surface area is 148 Å². The van der Waals surface area contributed by atoms with Gasteiger partial charge in [0.25, 0.3) is 0 Å². The highest BCUT2D eigenvalue weighted by atomic mass is 16.5. The third kappa shape index (κ3) is 3.10. The summed E-state index contributed by atoms with van der Waals surface area (Å²) in [5, 5.41) is 0. The van der Waals surface area contributed by atoms with Gasteiger partial charge >= 0.3 is 0 Å². The molecule has 0 saturated carbocycles. The van der Waals surface area contributed by atoms with E-state index in [2.05, 4.69) is 42.7 Å². The van der Waals surface area contributed by atoms with Crippen LogP contribution in [-0.4, -0.2) is 52.7 Å². The maximum absolute atomic E-state index is 5.24. The molecule has 2 aromatic rings. The fourth-order valence-electron chi connectivity index (χ4n) is 3.94. The molecule has 0 spiro atoms. The van der Waals surface area contributed by atoms with Crippen LogP contribution in [0.5, 0.6) is 5.88 Å². The molecule has 2 aliphatic heterocycles. The first-order valence-electron chi connectivity index (χ1n) is 8.98. The third-order valence-corrected chi connectivity index (χ3v) is 5.34. The average molecular weight is 340 g/mol. The van der Waals surface area contributed by atoms with Gasteiger partial charge in [-0.05, 0) is 25.2 Å². The van der Waals surface area contributed by atoms with Crippen molar-refractivity contribution in [3.05, 3.63) is 30.4 Å². The van der Waals surface area contributed by atoms with E-state index in [1.54, 1.807) is 25.7 Å². The number of ether oxygens (including phenoxy) is 1. The van der Waals surface area contributed by atoms with Crippen LogP contribution in [0.4, 0.5) is 11.8 Å². The molecule has 2 aliphatic rings. The lowest BCUT2D eigenvalue weighted by atomic mass is 9.92. The van der Waals surface area contributed by atoms with Crippen molar-refractivity contribution in [1.29, 1.82) is 0 Å². The second-order valence-electron chi connectivity index (χ2n) is 6.66. The van der Waals surface area contributed by atoms with Gasteiger partial charge in [0.1, 0.15) is 12.1 Å². The molecule has 0 N–H and O–H groups in total. The lowest BCUT2D eigenvalue weighted by molar-refractivity contribution is 0.379. The summed E-state index contributed by atoms with van der Waals surface area (Å²) in [6.07, 6.45) is 6.77. The summed E-state index contributed by atoms with van der Waals surface area (Å²) < 4.78 is 5.24. The number of hydrogen-bond acceptors (Lipinski definition) is 7. The van der Waals surface area contributed by atoms with Gasteiger partial charge in [0.15, 0.2) is 0 Å². The van der Waals surface area contributed by atoms with Gasteiger partial charge in [0.2, 0.25) is 11.8 Å². The molecule has 2 saturated heterocycles. The maximum Gasteiger partial charge on any atom is 0.228 e. The Morgan fingerprint density at radius 2 is 2.08 bits per heavy atom. The van der Waals surface area contributed by atoms with E-state index in [4.69, 9.17) is 4.74 Å². The number of aryl methyl sites for hydroxylation is 1. The van der Waals surface area contributed by atoms with Crippen LogP contribution in [0.15, 0.2) is 24.7 Å². The number of piperidine rings is 1. The third-order valence-electron chi connectivity index (χ3n) is 5.34. The van der Waals surface area contributed by atoms with Crippen LogP contribution in [0.25, 0.3) is 0 Å². The number of aromatic nitrogens is 4. The molecule has 25 heavy (non-hydrogen) atoms. The Morgan fingerprint density at radius 3 is 2.92 bits per heavy atom. The summed E-state index contributed by atoms with van der Waals surface area (Å²) in [4.78, 5) is 22.5. The Bertz CT molecular complexity index is 739. The van der Waals surface area contributed by atoms with Crippen molar-refractivity contribution in [3.63, 3.8) is 0 Å². The van der Waals surface area contributed by atoms with Crippen LogP contribution < -0.4 is 14.5 Å². The van der Waals surface area contributed by atoms with E-state index in [9.17, 15) is 0 Å². The minimum atomic E-state index is 0.447. The summed E-state index contributed by atoms with van der Waals surface area (Å²) >= 11 is 0. The first-order chi connectivity index (χ1) is 12.3. The quantitative estimate of drug-likeness (QED) is 0.842. The SMILES string of the molecule is CCc1cc(N2CCC3CCN(c4nccc(OC)n4)CC32)ncn1. The van der Waals surface area contributed by atoms with Crippen LogP contribution in [0.2, 0.25) is 0 Å². The average Bonchev–Trinajstić information content (AvgIpc) is 3.11. The summed E-state index contributed by atoms with van der Waals surface area (Å²) in [6.45, 7) is 5.10. The topological polar surface area (TPSA) is 67.3 Å². The second kappa shape index (κ2) is 6.82. The molecule has 132 valence electrons. The van der Waals surface area contributed by atoms with Gasteiger partial charge in [0, 0.05) is 43.7 Å². The van der Waals surface area contributed by atoms with E-state index in [0.29, 0.717) is 17.8 Å². The van der Waals surface area contributed by atoms with E-state index in [0.717, 1.165) is 49.9 Å². The monoisotopic (exact) mass is 340 g/mol. The first-order valence-corrected chi connectivity index (χ1v) is 8.98. The highest BCUT2D eigenvalue weighted by Gasteiger charge is 2.39. The van der Waals surface area contributed by atoms with Crippen molar-refractivity contribution in [1.82, 2.24) is 19.9 Å². The lowest BCUT2D eigenvalue weighted by Gasteiger charge is -2.38.